The molecule has 1 fully saturated rings. The number of hydrogen-bond donors (Lipinski definition) is 1. The van der Waals surface area contributed by atoms with E-state index in [0.29, 0.717) is 11.7 Å². The van der Waals surface area contributed by atoms with Gasteiger partial charge in [-0.1, -0.05) is 30.8 Å². The van der Waals surface area contributed by atoms with Gasteiger partial charge in [-0.15, -0.1) is 0 Å². The molecular formula is C15H20N4O. The maximum absolute atomic E-state index is 6.50. The fraction of sp³-hybridized carbons (Fsp3) is 0.533. The lowest BCUT2D eigenvalue weighted by molar-refractivity contribution is 0.334. The molecule has 0 bridgehead atoms. The van der Waals surface area contributed by atoms with Crippen molar-refractivity contribution >= 4 is 0 Å². The van der Waals surface area contributed by atoms with Gasteiger partial charge in [0.1, 0.15) is 0 Å². The van der Waals surface area contributed by atoms with Crippen LogP contribution in [0.25, 0.3) is 11.5 Å². The Bertz CT molecular complexity index is 568. The van der Waals surface area contributed by atoms with Crippen LogP contribution in [0, 0.1) is 6.92 Å². The summed E-state index contributed by atoms with van der Waals surface area (Å²) >= 11 is 0. The normalized spacial score (nSPS) is 18.7. The molecule has 2 aromatic rings. The molecular weight excluding hydrogens is 252 g/mol. The van der Waals surface area contributed by atoms with Crippen molar-refractivity contribution in [3.05, 3.63) is 29.8 Å². The van der Waals surface area contributed by atoms with E-state index in [1.807, 2.05) is 19.1 Å². The lowest BCUT2D eigenvalue weighted by Gasteiger charge is -2.23. The summed E-state index contributed by atoms with van der Waals surface area (Å²) in [6.45, 7) is 1.95. The van der Waals surface area contributed by atoms with Crippen molar-refractivity contribution in [2.75, 3.05) is 0 Å². The molecule has 3 rings (SSSR count). The molecule has 0 aliphatic heterocycles. The molecule has 1 aliphatic carbocycles. The van der Waals surface area contributed by atoms with Crippen LogP contribution in [0.4, 0.5) is 0 Å². The first-order chi connectivity index (χ1) is 9.67. The van der Waals surface area contributed by atoms with Crippen LogP contribution in [0.15, 0.2) is 22.9 Å². The Labute approximate surface area is 118 Å². The van der Waals surface area contributed by atoms with Gasteiger partial charge in [0.25, 0.3) is 5.89 Å². The SMILES string of the molecule is Cc1ccc(-c2nc(C3(N)CCCCCC3)no2)cn1. The number of aromatic nitrogens is 3. The third-order valence-corrected chi connectivity index (χ3v) is 4.03. The fourth-order valence-corrected chi connectivity index (χ4v) is 2.72. The van der Waals surface area contributed by atoms with E-state index in [4.69, 9.17) is 10.3 Å². The highest BCUT2D eigenvalue weighted by Gasteiger charge is 2.33. The first-order valence-corrected chi connectivity index (χ1v) is 7.23. The number of nitrogens with zero attached hydrogens (tertiary/aromatic N) is 3. The summed E-state index contributed by atoms with van der Waals surface area (Å²) in [7, 11) is 0. The summed E-state index contributed by atoms with van der Waals surface area (Å²) in [5, 5.41) is 4.11. The molecule has 2 aromatic heterocycles. The van der Waals surface area contributed by atoms with Crippen molar-refractivity contribution in [1.29, 1.82) is 0 Å². The molecule has 1 saturated carbocycles. The molecule has 0 unspecified atom stereocenters. The zero-order valence-electron chi connectivity index (χ0n) is 11.8. The molecule has 5 nitrogen and oxygen atoms in total. The minimum Gasteiger partial charge on any atom is -0.334 e. The Kier molecular flexibility index (Phi) is 3.53. The zero-order chi connectivity index (χ0) is 14.0. The highest BCUT2D eigenvalue weighted by atomic mass is 16.5. The first-order valence-electron chi connectivity index (χ1n) is 7.23. The summed E-state index contributed by atoms with van der Waals surface area (Å²) in [6, 6.07) is 3.87. The van der Waals surface area contributed by atoms with Crippen LogP contribution in [-0.4, -0.2) is 15.1 Å². The minimum absolute atomic E-state index is 0.434. The number of rotatable bonds is 2. The number of hydrogen-bond acceptors (Lipinski definition) is 5. The lowest BCUT2D eigenvalue weighted by atomic mass is 9.91. The summed E-state index contributed by atoms with van der Waals surface area (Å²) < 4.78 is 5.37. The van der Waals surface area contributed by atoms with Gasteiger partial charge in [-0.05, 0) is 31.9 Å². The summed E-state index contributed by atoms with van der Waals surface area (Å²) in [4.78, 5) is 8.76. The average Bonchev–Trinajstić information content (AvgIpc) is 2.84. The van der Waals surface area contributed by atoms with E-state index >= 15 is 0 Å². The van der Waals surface area contributed by atoms with Gasteiger partial charge in [0.05, 0.1) is 11.1 Å². The van der Waals surface area contributed by atoms with E-state index in [-0.39, 0.29) is 0 Å². The zero-order valence-corrected chi connectivity index (χ0v) is 11.8. The van der Waals surface area contributed by atoms with Crippen molar-refractivity contribution in [3.8, 4) is 11.5 Å². The molecule has 5 heteroatoms. The molecule has 1 aliphatic rings. The van der Waals surface area contributed by atoms with Crippen molar-refractivity contribution in [2.24, 2.45) is 5.73 Å². The molecule has 0 spiro atoms. The molecule has 2 N–H and O–H groups in total. The predicted molar refractivity (Wildman–Crippen MR) is 75.8 cm³/mol. The maximum Gasteiger partial charge on any atom is 0.259 e. The fourth-order valence-electron chi connectivity index (χ4n) is 2.72. The Balaban J connectivity index is 1.87. The summed E-state index contributed by atoms with van der Waals surface area (Å²) in [6.07, 6.45) is 8.36. The molecule has 2 heterocycles. The summed E-state index contributed by atoms with van der Waals surface area (Å²) in [5.41, 5.74) is 7.87. The largest absolute Gasteiger partial charge is 0.334 e. The number of aryl methyl sites for hydroxylation is 1. The van der Waals surface area contributed by atoms with Gasteiger partial charge < -0.3 is 10.3 Å². The Morgan fingerprint density at radius 1 is 1.15 bits per heavy atom. The van der Waals surface area contributed by atoms with Crippen LogP contribution in [0.2, 0.25) is 0 Å². The predicted octanol–water partition coefficient (Wildman–Crippen LogP) is 2.95. The van der Waals surface area contributed by atoms with Crippen LogP contribution in [0.3, 0.4) is 0 Å². The Hall–Kier alpha value is -1.75. The van der Waals surface area contributed by atoms with Crippen molar-refractivity contribution in [2.45, 2.75) is 51.0 Å². The average molecular weight is 272 g/mol. The van der Waals surface area contributed by atoms with Crippen molar-refractivity contribution in [1.82, 2.24) is 15.1 Å². The molecule has 0 saturated heterocycles. The standard InChI is InChI=1S/C15H20N4O/c1-11-6-7-12(10-17-11)13-18-14(19-20-13)15(16)8-4-2-3-5-9-15/h6-7,10H,2-5,8-9,16H2,1H3. The van der Waals surface area contributed by atoms with Crippen LogP contribution in [0.1, 0.15) is 50.0 Å². The van der Waals surface area contributed by atoms with E-state index in [0.717, 1.165) is 36.9 Å². The molecule has 0 aromatic carbocycles. The van der Waals surface area contributed by atoms with Gasteiger partial charge >= 0.3 is 0 Å². The van der Waals surface area contributed by atoms with Gasteiger partial charge in [0.15, 0.2) is 5.82 Å². The minimum atomic E-state index is -0.434. The summed E-state index contributed by atoms with van der Waals surface area (Å²) in [5.74, 6) is 1.14. The topological polar surface area (TPSA) is 77.8 Å². The third-order valence-electron chi connectivity index (χ3n) is 4.03. The van der Waals surface area contributed by atoms with E-state index in [9.17, 15) is 0 Å². The number of pyridine rings is 1. The lowest BCUT2D eigenvalue weighted by Crippen LogP contribution is -2.37. The smallest absolute Gasteiger partial charge is 0.259 e. The molecule has 106 valence electrons. The molecule has 0 atom stereocenters. The number of nitrogens with two attached hydrogens (primary N) is 1. The van der Waals surface area contributed by atoms with E-state index in [2.05, 4.69) is 15.1 Å². The van der Waals surface area contributed by atoms with E-state index in [1.165, 1.54) is 12.8 Å². The maximum atomic E-state index is 6.50. The second kappa shape index (κ2) is 5.32. The second-order valence-electron chi connectivity index (χ2n) is 5.68. The van der Waals surface area contributed by atoms with Gasteiger partial charge in [0, 0.05) is 11.9 Å². The molecule has 20 heavy (non-hydrogen) atoms. The van der Waals surface area contributed by atoms with E-state index in [1.54, 1.807) is 6.20 Å². The van der Waals surface area contributed by atoms with Gasteiger partial charge in [0.2, 0.25) is 0 Å². The van der Waals surface area contributed by atoms with Gasteiger partial charge in [-0.2, -0.15) is 4.98 Å². The van der Waals surface area contributed by atoms with Crippen LogP contribution >= 0.6 is 0 Å². The molecule has 0 amide bonds. The Morgan fingerprint density at radius 2 is 1.90 bits per heavy atom. The highest BCUT2D eigenvalue weighted by Crippen LogP contribution is 2.33. The second-order valence-corrected chi connectivity index (χ2v) is 5.68. The quantitative estimate of drug-likeness (QED) is 0.850. The van der Waals surface area contributed by atoms with Gasteiger partial charge in [-0.3, -0.25) is 4.98 Å². The monoisotopic (exact) mass is 272 g/mol. The van der Waals surface area contributed by atoms with Crippen LogP contribution < -0.4 is 5.73 Å². The van der Waals surface area contributed by atoms with Crippen molar-refractivity contribution < 1.29 is 4.52 Å². The third kappa shape index (κ3) is 2.58. The van der Waals surface area contributed by atoms with Gasteiger partial charge in [-0.25, -0.2) is 0 Å². The Morgan fingerprint density at radius 3 is 2.55 bits per heavy atom. The van der Waals surface area contributed by atoms with Crippen molar-refractivity contribution in [3.63, 3.8) is 0 Å². The molecule has 0 radical (unpaired) electrons. The first kappa shape index (κ1) is 13.2. The van der Waals surface area contributed by atoms with E-state index < -0.39 is 5.54 Å². The van der Waals surface area contributed by atoms with Crippen LogP contribution in [-0.2, 0) is 5.54 Å². The van der Waals surface area contributed by atoms with Crippen LogP contribution in [0.5, 0.6) is 0 Å². The highest BCUT2D eigenvalue weighted by molar-refractivity contribution is 5.51.